The maximum atomic E-state index is 13.4. The Kier molecular flexibility index (Phi) is 7.34. The van der Waals surface area contributed by atoms with E-state index in [1.165, 1.54) is 24.3 Å². The van der Waals surface area contributed by atoms with E-state index >= 15 is 0 Å². The number of primary amides is 1. The molecule has 0 bridgehead atoms. The first-order valence-corrected chi connectivity index (χ1v) is 11.2. The first kappa shape index (κ1) is 23.5. The molecule has 1 saturated heterocycles. The van der Waals surface area contributed by atoms with E-state index in [0.29, 0.717) is 46.5 Å². The van der Waals surface area contributed by atoms with Gasteiger partial charge in [-0.3, -0.25) is 4.79 Å². The zero-order valence-corrected chi connectivity index (χ0v) is 19.1. The molecule has 2 atom stereocenters. The quantitative estimate of drug-likeness (QED) is 0.643. The van der Waals surface area contributed by atoms with Gasteiger partial charge in [0.2, 0.25) is 5.91 Å². The van der Waals surface area contributed by atoms with Crippen molar-refractivity contribution >= 4 is 23.5 Å². The smallest absolute Gasteiger partial charge is 0.235 e. The number of benzene rings is 1. The average Bonchev–Trinajstić information content (AvgIpc) is 3.27. The molecule has 0 radical (unpaired) electrons. The SMILES string of the molecule is CCc1c(C#N)c(SC(C(N)=O)c2ccc(F)cc2)nc(N2CC[C@@H](N(C)C)C2)c1C#N. The van der Waals surface area contributed by atoms with Gasteiger partial charge in [-0.15, -0.1) is 0 Å². The molecule has 32 heavy (non-hydrogen) atoms. The van der Waals surface area contributed by atoms with E-state index in [2.05, 4.69) is 21.9 Å². The Morgan fingerprint density at radius 3 is 2.47 bits per heavy atom. The molecule has 0 spiro atoms. The van der Waals surface area contributed by atoms with Crippen LogP contribution < -0.4 is 10.6 Å². The summed E-state index contributed by atoms with van der Waals surface area (Å²) in [5.74, 6) is -0.515. The Labute approximate surface area is 191 Å². The lowest BCUT2D eigenvalue weighted by Crippen LogP contribution is -2.32. The summed E-state index contributed by atoms with van der Waals surface area (Å²) < 4.78 is 13.4. The predicted molar refractivity (Wildman–Crippen MR) is 122 cm³/mol. The van der Waals surface area contributed by atoms with E-state index in [1.807, 2.05) is 21.0 Å². The van der Waals surface area contributed by atoms with Crippen molar-refractivity contribution in [2.75, 3.05) is 32.1 Å². The molecule has 1 aromatic carbocycles. The van der Waals surface area contributed by atoms with Crippen LogP contribution in [-0.2, 0) is 11.2 Å². The number of hydrogen-bond donors (Lipinski definition) is 1. The molecule has 0 saturated carbocycles. The summed E-state index contributed by atoms with van der Waals surface area (Å²) in [5.41, 5.74) is 7.45. The van der Waals surface area contributed by atoms with Gasteiger partial charge in [-0.05, 0) is 50.2 Å². The highest BCUT2D eigenvalue weighted by molar-refractivity contribution is 8.00. The van der Waals surface area contributed by atoms with Crippen LogP contribution in [0.4, 0.5) is 10.2 Å². The third-order valence-corrected chi connectivity index (χ3v) is 6.94. The fraction of sp³-hybridized carbons (Fsp3) is 0.391. The normalized spacial score (nSPS) is 16.6. The van der Waals surface area contributed by atoms with Crippen molar-refractivity contribution in [1.82, 2.24) is 9.88 Å². The second-order valence-electron chi connectivity index (χ2n) is 7.85. The number of thioether (sulfide) groups is 1. The second-order valence-corrected chi connectivity index (χ2v) is 8.94. The highest BCUT2D eigenvalue weighted by Gasteiger charge is 2.31. The molecule has 0 aliphatic carbocycles. The van der Waals surface area contributed by atoms with Gasteiger partial charge in [0.15, 0.2) is 0 Å². The minimum Gasteiger partial charge on any atom is -0.368 e. The fourth-order valence-corrected chi connectivity index (χ4v) is 4.95. The number of nitrogens with two attached hydrogens (primary N) is 1. The van der Waals surface area contributed by atoms with Crippen molar-refractivity contribution in [2.24, 2.45) is 5.73 Å². The molecule has 1 amide bonds. The molecule has 2 N–H and O–H groups in total. The number of likely N-dealkylation sites (N-methyl/N-ethyl adjacent to an activating group) is 1. The van der Waals surface area contributed by atoms with Crippen LogP contribution in [-0.4, -0.2) is 49.0 Å². The summed E-state index contributed by atoms with van der Waals surface area (Å²) in [6, 6.07) is 10.3. The lowest BCUT2D eigenvalue weighted by atomic mass is 10.0. The van der Waals surface area contributed by atoms with Gasteiger partial charge in [0.25, 0.3) is 0 Å². The maximum Gasteiger partial charge on any atom is 0.235 e. The summed E-state index contributed by atoms with van der Waals surface area (Å²) in [7, 11) is 4.04. The van der Waals surface area contributed by atoms with Gasteiger partial charge in [-0.1, -0.05) is 30.8 Å². The van der Waals surface area contributed by atoms with Gasteiger partial charge in [-0.25, -0.2) is 9.37 Å². The molecule has 1 aliphatic heterocycles. The number of amides is 1. The topological polar surface area (TPSA) is 110 Å². The standard InChI is InChI=1S/C23H25FN6OS/c1-4-17-18(11-25)22(30-10-9-16(13-30)29(2)3)28-23(19(17)12-26)32-20(21(27)31)14-5-7-15(24)8-6-14/h5-8,16,20H,4,9-10,13H2,1-3H3,(H2,27,31)/t16-,20?/m1/s1. The molecule has 7 nitrogen and oxygen atoms in total. The van der Waals surface area contributed by atoms with Gasteiger partial charge in [-0.2, -0.15) is 10.5 Å². The predicted octanol–water partition coefficient (Wildman–Crippen LogP) is 2.99. The lowest BCUT2D eigenvalue weighted by molar-refractivity contribution is -0.117. The van der Waals surface area contributed by atoms with Crippen LogP contribution in [0.3, 0.4) is 0 Å². The first-order chi connectivity index (χ1) is 15.3. The average molecular weight is 453 g/mol. The highest BCUT2D eigenvalue weighted by Crippen LogP contribution is 2.40. The van der Waals surface area contributed by atoms with Gasteiger partial charge < -0.3 is 15.5 Å². The van der Waals surface area contributed by atoms with E-state index in [9.17, 15) is 19.7 Å². The van der Waals surface area contributed by atoms with Crippen LogP contribution in [0.2, 0.25) is 0 Å². The molecule has 1 aromatic heterocycles. The van der Waals surface area contributed by atoms with Gasteiger partial charge in [0.05, 0.1) is 11.1 Å². The third kappa shape index (κ3) is 4.69. The van der Waals surface area contributed by atoms with E-state index in [1.54, 1.807) is 0 Å². The van der Waals surface area contributed by atoms with Crippen molar-refractivity contribution in [2.45, 2.75) is 36.1 Å². The molecule has 2 heterocycles. The summed E-state index contributed by atoms with van der Waals surface area (Å²) in [4.78, 5) is 21.2. The van der Waals surface area contributed by atoms with Crippen LogP contribution in [0.5, 0.6) is 0 Å². The van der Waals surface area contributed by atoms with Crippen molar-refractivity contribution in [3.05, 3.63) is 52.3 Å². The molecule has 1 unspecified atom stereocenters. The number of pyridine rings is 1. The Balaban J connectivity index is 2.10. The Morgan fingerprint density at radius 2 is 1.97 bits per heavy atom. The number of anilines is 1. The summed E-state index contributed by atoms with van der Waals surface area (Å²) in [6.45, 7) is 3.33. The first-order valence-electron chi connectivity index (χ1n) is 10.3. The van der Waals surface area contributed by atoms with Gasteiger partial charge >= 0.3 is 0 Å². The number of carbonyl (C=O) groups excluding carboxylic acids is 1. The van der Waals surface area contributed by atoms with E-state index in [4.69, 9.17) is 10.7 Å². The molecule has 3 rings (SSSR count). The molecule has 2 aromatic rings. The number of halogens is 1. The van der Waals surface area contributed by atoms with Crippen LogP contribution in [0.25, 0.3) is 0 Å². The van der Waals surface area contributed by atoms with Crippen LogP contribution in [0.1, 0.15) is 40.8 Å². The fourth-order valence-electron chi connectivity index (χ4n) is 3.89. The minimum atomic E-state index is -0.853. The number of nitriles is 2. The summed E-state index contributed by atoms with van der Waals surface area (Å²) in [6.07, 6.45) is 1.40. The van der Waals surface area contributed by atoms with Crippen molar-refractivity contribution in [3.8, 4) is 12.1 Å². The van der Waals surface area contributed by atoms with E-state index < -0.39 is 17.0 Å². The number of nitrogens with zero attached hydrogens (tertiary/aromatic N) is 5. The molecule has 1 fully saturated rings. The number of hydrogen-bond acceptors (Lipinski definition) is 7. The summed E-state index contributed by atoms with van der Waals surface area (Å²) in [5, 5.41) is 19.3. The van der Waals surface area contributed by atoms with Crippen molar-refractivity contribution in [3.63, 3.8) is 0 Å². The Morgan fingerprint density at radius 1 is 1.31 bits per heavy atom. The zero-order valence-electron chi connectivity index (χ0n) is 18.3. The van der Waals surface area contributed by atoms with Gasteiger partial charge in [0, 0.05) is 19.1 Å². The van der Waals surface area contributed by atoms with E-state index in [-0.39, 0.29) is 5.56 Å². The molecular formula is C23H25FN6OS. The molecule has 1 aliphatic rings. The largest absolute Gasteiger partial charge is 0.368 e. The van der Waals surface area contributed by atoms with Crippen LogP contribution >= 0.6 is 11.8 Å². The van der Waals surface area contributed by atoms with Crippen molar-refractivity contribution in [1.29, 1.82) is 10.5 Å². The number of aromatic nitrogens is 1. The lowest BCUT2D eigenvalue weighted by Gasteiger charge is -2.24. The molecule has 166 valence electrons. The molecular weight excluding hydrogens is 427 g/mol. The minimum absolute atomic E-state index is 0.273. The third-order valence-electron chi connectivity index (χ3n) is 5.68. The summed E-state index contributed by atoms with van der Waals surface area (Å²) >= 11 is 1.06. The second kappa shape index (κ2) is 9.99. The number of rotatable bonds is 7. The van der Waals surface area contributed by atoms with E-state index in [0.717, 1.165) is 24.7 Å². The Bertz CT molecular complexity index is 1090. The number of carbonyl (C=O) groups is 1. The Hall–Kier alpha value is -3.14. The van der Waals surface area contributed by atoms with Gasteiger partial charge in [0.1, 0.15) is 34.0 Å². The monoisotopic (exact) mass is 452 g/mol. The van der Waals surface area contributed by atoms with Crippen LogP contribution in [0.15, 0.2) is 29.3 Å². The van der Waals surface area contributed by atoms with Crippen LogP contribution in [0, 0.1) is 28.5 Å². The zero-order chi connectivity index (χ0) is 23.4. The molecule has 9 heteroatoms. The van der Waals surface area contributed by atoms with Crippen molar-refractivity contribution < 1.29 is 9.18 Å². The maximum absolute atomic E-state index is 13.4. The highest BCUT2D eigenvalue weighted by atomic mass is 32.2.